The van der Waals surface area contributed by atoms with Gasteiger partial charge >= 0.3 is 5.97 Å². The summed E-state index contributed by atoms with van der Waals surface area (Å²) < 4.78 is 5.20. The van der Waals surface area contributed by atoms with Crippen LogP contribution < -0.4 is 15.8 Å². The third kappa shape index (κ3) is 7.97. The molecule has 43 heavy (non-hydrogen) atoms. The van der Waals surface area contributed by atoms with Crippen molar-refractivity contribution in [2.45, 2.75) is 63.3 Å². The van der Waals surface area contributed by atoms with Gasteiger partial charge in [-0.05, 0) is 42.7 Å². The molecule has 1 aromatic carbocycles. The molecule has 3 heterocycles. The Morgan fingerprint density at radius 3 is 2.67 bits per heavy atom. The van der Waals surface area contributed by atoms with Crippen LogP contribution >= 0.6 is 11.8 Å². The average Bonchev–Trinajstić information content (AvgIpc) is 3.02. The van der Waals surface area contributed by atoms with Gasteiger partial charge in [0.15, 0.2) is 11.5 Å². The molecule has 13 heteroatoms. The molecule has 0 radical (unpaired) electrons. The lowest BCUT2D eigenvalue weighted by Gasteiger charge is -2.44. The number of methoxy groups -OCH3 is 1. The van der Waals surface area contributed by atoms with Crippen LogP contribution in [0.1, 0.15) is 62.8 Å². The summed E-state index contributed by atoms with van der Waals surface area (Å²) in [6.45, 7) is 0.586. The number of nitrogens with two attached hydrogens (primary N) is 1. The van der Waals surface area contributed by atoms with Gasteiger partial charge in [0.05, 0.1) is 48.4 Å². The molecule has 228 valence electrons. The largest absolute Gasteiger partial charge is 0.504 e. The molecule has 1 saturated carbocycles. The summed E-state index contributed by atoms with van der Waals surface area (Å²) in [5.41, 5.74) is 7.34. The van der Waals surface area contributed by atoms with Gasteiger partial charge in [0, 0.05) is 31.0 Å². The van der Waals surface area contributed by atoms with Gasteiger partial charge in [0.25, 0.3) is 0 Å². The van der Waals surface area contributed by atoms with E-state index in [0.29, 0.717) is 29.7 Å². The smallest absolute Gasteiger partial charge is 0.303 e. The molecule has 0 bridgehead atoms. The molecule has 1 saturated heterocycles. The van der Waals surface area contributed by atoms with Crippen LogP contribution in [0, 0.1) is 11.3 Å². The molecule has 2 amide bonds. The molecular weight excluding hydrogens is 572 g/mol. The molecule has 1 atom stereocenters. The molecule has 2 aliphatic heterocycles. The number of phenols is 1. The monoisotopic (exact) mass is 608 g/mol. The van der Waals surface area contributed by atoms with Crippen LogP contribution in [-0.4, -0.2) is 68.5 Å². The predicted octanol–water partition coefficient (Wildman–Crippen LogP) is 4.22. The van der Waals surface area contributed by atoms with E-state index in [0.717, 1.165) is 16.5 Å². The highest BCUT2D eigenvalue weighted by Gasteiger charge is 2.39. The number of fused-ring (bicyclic) bond motifs is 1. The molecule has 5 N–H and O–H groups in total. The van der Waals surface area contributed by atoms with Crippen molar-refractivity contribution in [1.82, 2.24) is 14.8 Å². The lowest BCUT2D eigenvalue weighted by molar-refractivity contribution is -0.138. The van der Waals surface area contributed by atoms with E-state index in [4.69, 9.17) is 15.6 Å². The van der Waals surface area contributed by atoms with Gasteiger partial charge in [0.1, 0.15) is 5.82 Å². The maximum atomic E-state index is 13.0. The van der Waals surface area contributed by atoms with E-state index in [9.17, 15) is 24.8 Å². The van der Waals surface area contributed by atoms with Crippen molar-refractivity contribution >= 4 is 41.1 Å². The molecule has 5 rings (SSSR count). The Hall–Kier alpha value is -4.28. The molecular formula is C30H36N6O6S. The van der Waals surface area contributed by atoms with Crippen molar-refractivity contribution in [2.75, 3.05) is 30.7 Å². The molecule has 1 aromatic heterocycles. The minimum atomic E-state index is -1.01. The average molecular weight is 609 g/mol. The highest BCUT2D eigenvalue weighted by Crippen LogP contribution is 2.44. The summed E-state index contributed by atoms with van der Waals surface area (Å²) in [6, 6.07) is 11.2. The van der Waals surface area contributed by atoms with Gasteiger partial charge in [-0.2, -0.15) is 5.26 Å². The number of aromatic nitrogens is 1. The SMILES string of the molecule is COc1cc(C2CC(=O)N3CN(C4CCCCC4)CSC3=C2C#N)ccc1O.Nc1ncccc1NC(=O)CCC(=O)O. The van der Waals surface area contributed by atoms with Crippen LogP contribution in [0.5, 0.6) is 11.5 Å². The van der Waals surface area contributed by atoms with E-state index in [1.54, 1.807) is 47.0 Å². The van der Waals surface area contributed by atoms with Gasteiger partial charge in [0.2, 0.25) is 11.8 Å². The number of hydrogen-bond acceptors (Lipinski definition) is 10. The molecule has 12 nitrogen and oxygen atoms in total. The van der Waals surface area contributed by atoms with Crippen LogP contribution in [-0.2, 0) is 14.4 Å². The standard InChI is InChI=1S/C21H25N3O3S.C9H11N3O3/c1-27-19-9-14(7-8-18(19)25)16-10-20(26)24-12-23(15-5-3-2-4-6-15)13-28-21(24)17(16)11-22;10-9-6(2-1-5-11-9)12-7(13)3-4-8(14)15/h7-9,15-16,25H,2-6,10,12-13H2,1H3;1-2,5H,3-4H2,(H2,10,11)(H,12,13)(H,14,15). The quantitative estimate of drug-likeness (QED) is 0.353. The number of carboxylic acids is 1. The Kier molecular flexibility index (Phi) is 10.9. The number of nitrogens with one attached hydrogen (secondary N) is 1. The van der Waals surface area contributed by atoms with E-state index >= 15 is 0 Å². The van der Waals surface area contributed by atoms with Gasteiger partial charge < -0.3 is 26.0 Å². The van der Waals surface area contributed by atoms with Crippen molar-refractivity contribution in [3.63, 3.8) is 0 Å². The minimum Gasteiger partial charge on any atom is -0.504 e. The maximum Gasteiger partial charge on any atom is 0.303 e. The third-order valence-electron chi connectivity index (χ3n) is 7.69. The zero-order valence-electron chi connectivity index (χ0n) is 24.0. The van der Waals surface area contributed by atoms with E-state index in [-0.39, 0.29) is 42.7 Å². The van der Waals surface area contributed by atoms with Crippen molar-refractivity contribution in [2.24, 2.45) is 0 Å². The van der Waals surface area contributed by atoms with Gasteiger partial charge in [-0.15, -0.1) is 0 Å². The number of carbonyl (C=O) groups excluding carboxylic acids is 2. The molecule has 1 unspecified atom stereocenters. The third-order valence-corrected chi connectivity index (χ3v) is 8.86. The highest BCUT2D eigenvalue weighted by molar-refractivity contribution is 8.03. The number of rotatable bonds is 7. The molecule has 2 fully saturated rings. The first-order valence-electron chi connectivity index (χ1n) is 14.1. The second-order valence-electron chi connectivity index (χ2n) is 10.5. The number of ether oxygens (including phenoxy) is 1. The number of aromatic hydroxyl groups is 1. The normalized spacial score (nSPS) is 19.0. The first kappa shape index (κ1) is 31.7. The molecule has 3 aliphatic rings. The maximum absolute atomic E-state index is 13.0. The second-order valence-corrected chi connectivity index (χ2v) is 11.4. The number of amides is 2. The van der Waals surface area contributed by atoms with E-state index in [1.807, 2.05) is 0 Å². The number of carboxylic acid groups (broad SMARTS) is 1. The van der Waals surface area contributed by atoms with Crippen LogP contribution in [0.4, 0.5) is 11.5 Å². The van der Waals surface area contributed by atoms with Crippen LogP contribution in [0.2, 0.25) is 0 Å². The fourth-order valence-corrected chi connectivity index (χ4v) is 6.64. The Balaban J connectivity index is 0.000000239. The van der Waals surface area contributed by atoms with Crippen molar-refractivity contribution in [3.8, 4) is 17.6 Å². The first-order chi connectivity index (χ1) is 20.7. The van der Waals surface area contributed by atoms with Gasteiger partial charge in [-0.3, -0.25) is 24.2 Å². The van der Waals surface area contributed by atoms with E-state index in [1.165, 1.54) is 45.4 Å². The summed E-state index contributed by atoms with van der Waals surface area (Å²) in [4.78, 5) is 42.4. The Morgan fingerprint density at radius 1 is 1.23 bits per heavy atom. The van der Waals surface area contributed by atoms with Gasteiger partial charge in [-0.1, -0.05) is 37.1 Å². The minimum absolute atomic E-state index is 0.0522. The number of allylic oxidation sites excluding steroid dienone is 1. The zero-order valence-corrected chi connectivity index (χ0v) is 24.8. The topological polar surface area (TPSA) is 182 Å². The summed E-state index contributed by atoms with van der Waals surface area (Å²) in [6.07, 6.45) is 7.71. The van der Waals surface area contributed by atoms with Crippen molar-refractivity contribution < 1.29 is 29.3 Å². The van der Waals surface area contributed by atoms with Gasteiger partial charge in [-0.25, -0.2) is 4.98 Å². The van der Waals surface area contributed by atoms with E-state index < -0.39 is 11.9 Å². The number of nitrogen functional groups attached to an aromatic ring is 1. The fraction of sp³-hybridized carbons (Fsp3) is 0.433. The zero-order chi connectivity index (χ0) is 30.9. The Labute approximate surface area is 254 Å². The number of thioether (sulfide) groups is 1. The lowest BCUT2D eigenvalue weighted by atomic mass is 9.86. The van der Waals surface area contributed by atoms with Crippen LogP contribution in [0.25, 0.3) is 0 Å². The Bertz CT molecular complexity index is 1420. The number of anilines is 2. The number of aliphatic carboxylic acids is 1. The molecule has 0 spiro atoms. The number of pyridine rings is 1. The number of phenolic OH excluding ortho intramolecular Hbond substituents is 1. The van der Waals surface area contributed by atoms with Crippen molar-refractivity contribution in [3.05, 3.63) is 52.7 Å². The van der Waals surface area contributed by atoms with Crippen LogP contribution in [0.3, 0.4) is 0 Å². The highest BCUT2D eigenvalue weighted by atomic mass is 32.2. The molecule has 2 aromatic rings. The number of hydrogen-bond donors (Lipinski definition) is 4. The lowest BCUT2D eigenvalue weighted by Crippen LogP contribution is -2.51. The summed E-state index contributed by atoms with van der Waals surface area (Å²) >= 11 is 1.60. The molecule has 1 aliphatic carbocycles. The number of nitriles is 1. The summed E-state index contributed by atoms with van der Waals surface area (Å²) in [5.74, 6) is -0.208. The second kappa shape index (κ2) is 14.8. The number of carbonyl (C=O) groups is 3. The van der Waals surface area contributed by atoms with Crippen LogP contribution in [0.15, 0.2) is 47.1 Å². The van der Waals surface area contributed by atoms with E-state index in [2.05, 4.69) is 21.3 Å². The fourth-order valence-electron chi connectivity index (χ4n) is 5.40. The van der Waals surface area contributed by atoms with Crippen molar-refractivity contribution in [1.29, 1.82) is 5.26 Å². The number of nitrogens with zero attached hydrogens (tertiary/aromatic N) is 4. The number of benzene rings is 1. The first-order valence-corrected chi connectivity index (χ1v) is 15.1. The predicted molar refractivity (Wildman–Crippen MR) is 162 cm³/mol. The summed E-state index contributed by atoms with van der Waals surface area (Å²) in [5, 5.41) is 31.4. The summed E-state index contributed by atoms with van der Waals surface area (Å²) in [7, 11) is 1.49. The Morgan fingerprint density at radius 2 is 2.00 bits per heavy atom.